The number of carboxylic acid groups (broad SMARTS) is 1. The Labute approximate surface area is 232 Å². The first-order chi connectivity index (χ1) is 18.8. The van der Waals surface area contributed by atoms with Crippen LogP contribution in [0.2, 0.25) is 0 Å². The molecule has 204 valence electrons. The highest BCUT2D eigenvalue weighted by atomic mass is 32.2. The summed E-state index contributed by atoms with van der Waals surface area (Å²) in [6, 6.07) is -0.985. The van der Waals surface area contributed by atoms with Crippen molar-refractivity contribution in [2.24, 2.45) is 5.16 Å². The highest BCUT2D eigenvalue weighted by Crippen LogP contribution is 2.40. The van der Waals surface area contributed by atoms with Crippen molar-refractivity contribution >= 4 is 74.5 Å². The number of carbonyl (C=O) groups excluding carboxylic acids is 3. The van der Waals surface area contributed by atoms with Crippen molar-refractivity contribution in [2.75, 3.05) is 18.1 Å². The number of nitrogens with two attached hydrogens (primary N) is 1. The number of hydrogen-bond donors (Lipinski definition) is 4. The molecule has 0 aromatic carbocycles. The predicted molar refractivity (Wildman–Crippen MR) is 141 cm³/mol. The lowest BCUT2D eigenvalue weighted by Gasteiger charge is -2.49. The number of thiazole rings is 1. The quantitative estimate of drug-likeness (QED) is 0.0715. The number of β-lactam (4-membered cyclic amide) rings is 1. The molecular weight excluding hydrogens is 570 g/mol. The van der Waals surface area contributed by atoms with Gasteiger partial charge in [0.15, 0.2) is 5.13 Å². The summed E-state index contributed by atoms with van der Waals surface area (Å²) in [6.07, 6.45) is 4.33. The zero-order valence-corrected chi connectivity index (χ0v) is 22.7. The van der Waals surface area contributed by atoms with Gasteiger partial charge < -0.3 is 26.3 Å². The minimum Gasteiger partial charge on any atom is -0.477 e. The number of anilines is 1. The number of fused-ring (bicyclic) bond motifs is 2. The lowest BCUT2D eigenvalue weighted by molar-refractivity contribution is -0.695. The molecule has 3 aromatic rings. The summed E-state index contributed by atoms with van der Waals surface area (Å²) >= 11 is 3.71. The summed E-state index contributed by atoms with van der Waals surface area (Å²) in [5, 5.41) is 20.5. The smallest absolute Gasteiger partial charge is 0.352 e. The number of carbonyl (C=O) groups is 4. The topological polar surface area (TPSA) is 197 Å². The van der Waals surface area contributed by atoms with E-state index in [-0.39, 0.29) is 42.1 Å². The van der Waals surface area contributed by atoms with Gasteiger partial charge in [0.05, 0.1) is 0 Å². The zero-order chi connectivity index (χ0) is 27.7. The van der Waals surface area contributed by atoms with Crippen LogP contribution >= 0.6 is 34.6 Å². The van der Waals surface area contributed by atoms with E-state index in [9.17, 15) is 24.3 Å². The minimum absolute atomic E-state index is 0.0406. The van der Waals surface area contributed by atoms with Crippen LogP contribution in [-0.2, 0) is 37.1 Å². The highest BCUT2D eigenvalue weighted by molar-refractivity contribution is 8.00. The van der Waals surface area contributed by atoms with Gasteiger partial charge in [-0.1, -0.05) is 16.5 Å². The number of imidazole rings is 1. The summed E-state index contributed by atoms with van der Waals surface area (Å²) in [5.41, 5.74) is 5.79. The van der Waals surface area contributed by atoms with Crippen LogP contribution in [0.3, 0.4) is 0 Å². The van der Waals surface area contributed by atoms with Gasteiger partial charge in [0.25, 0.3) is 17.6 Å². The number of nitrogens with one attached hydrogen (secondary N) is 2. The van der Waals surface area contributed by atoms with Crippen LogP contribution in [0.4, 0.5) is 5.13 Å². The molecule has 15 nitrogen and oxygen atoms in total. The average molecular weight is 593 g/mol. The first-order valence-corrected chi connectivity index (χ1v) is 14.2. The van der Waals surface area contributed by atoms with Crippen LogP contribution in [-0.4, -0.2) is 77.4 Å². The van der Waals surface area contributed by atoms with E-state index in [1.54, 1.807) is 6.92 Å². The summed E-state index contributed by atoms with van der Waals surface area (Å²) in [5.74, 6) is -1.54. The van der Waals surface area contributed by atoms with Gasteiger partial charge >= 0.3 is 5.97 Å². The Morgan fingerprint density at radius 3 is 2.95 bits per heavy atom. The monoisotopic (exact) mass is 592 g/mol. The predicted octanol–water partition coefficient (Wildman–Crippen LogP) is -0.853. The number of nitrogen functional groups attached to an aromatic ring is 1. The van der Waals surface area contributed by atoms with E-state index >= 15 is 0 Å². The Morgan fingerprint density at radius 2 is 2.26 bits per heavy atom. The molecule has 0 unspecified atom stereocenters. The van der Waals surface area contributed by atoms with Crippen molar-refractivity contribution in [1.29, 1.82) is 0 Å². The SMILES string of the molecule is CCO/N=C(\C(=O)N[C@@H]1C(=O)N2C(C(=O)O)=C(C[n+]3cc4sccn4c3CNC=O)CS[C@H]12)c1nsc(N)n1. The second-order valence-corrected chi connectivity index (χ2v) is 11.0. The fraction of sp³-hybridized carbons (Fsp3) is 0.333. The summed E-state index contributed by atoms with van der Waals surface area (Å²) in [6.45, 7) is 2.31. The van der Waals surface area contributed by atoms with E-state index in [1.165, 1.54) is 28.0 Å². The first-order valence-electron chi connectivity index (χ1n) is 11.5. The minimum atomic E-state index is -1.25. The lowest BCUT2D eigenvalue weighted by atomic mass is 10.0. The van der Waals surface area contributed by atoms with Gasteiger partial charge in [-0.25, -0.2) is 9.36 Å². The number of amides is 3. The zero-order valence-electron chi connectivity index (χ0n) is 20.3. The number of nitrogens with zero attached hydrogens (tertiary/aromatic N) is 6. The van der Waals surface area contributed by atoms with Gasteiger partial charge in [-0.15, -0.1) is 11.8 Å². The molecule has 0 spiro atoms. The van der Waals surface area contributed by atoms with Crippen molar-refractivity contribution in [3.8, 4) is 0 Å². The molecular formula is C21H22N9O6S3+. The summed E-state index contributed by atoms with van der Waals surface area (Å²) in [7, 11) is 0. The van der Waals surface area contributed by atoms with Crippen molar-refractivity contribution in [3.63, 3.8) is 0 Å². The summed E-state index contributed by atoms with van der Waals surface area (Å²) < 4.78 is 7.75. The Balaban J connectivity index is 1.37. The molecule has 3 amide bonds. The van der Waals surface area contributed by atoms with Gasteiger partial charge in [-0.2, -0.15) is 13.8 Å². The Bertz CT molecular complexity index is 1530. The molecule has 1 fully saturated rings. The van der Waals surface area contributed by atoms with Crippen LogP contribution in [0.1, 0.15) is 18.6 Å². The molecule has 2 aliphatic rings. The normalized spacial score (nSPS) is 19.1. The number of hydrogen-bond acceptors (Lipinski definition) is 12. The first kappa shape index (κ1) is 26.6. The lowest BCUT2D eigenvalue weighted by Crippen LogP contribution is -2.71. The third-order valence-electron chi connectivity index (χ3n) is 5.91. The standard InChI is InChI=1S/C21H21N9O6S3/c1-2-36-26-13(16-25-21(22)39-27-16)17(32)24-14-18(33)30-15(20(34)35)10(8-38-19(14)30)6-28-7-12-29(3-4-37-12)11(28)5-23-9-31/h3-4,7,9,14,19H,2,5-6,8H2,1H3,(H4-,22,23,24,25,27,31,32,34,35)/p+1/b26-13-/t14-,19-/m1/s1. The molecule has 5 heterocycles. The number of oxime groups is 1. The van der Waals surface area contributed by atoms with E-state index < -0.39 is 29.2 Å². The van der Waals surface area contributed by atoms with Crippen LogP contribution < -0.4 is 20.9 Å². The van der Waals surface area contributed by atoms with Crippen molar-refractivity contribution in [1.82, 2.24) is 29.3 Å². The molecule has 1 saturated heterocycles. The molecule has 2 aliphatic heterocycles. The maximum Gasteiger partial charge on any atom is 0.352 e. The van der Waals surface area contributed by atoms with Crippen molar-refractivity contribution < 1.29 is 33.7 Å². The van der Waals surface area contributed by atoms with Gasteiger partial charge in [0, 0.05) is 28.2 Å². The molecule has 3 aromatic heterocycles. The summed E-state index contributed by atoms with van der Waals surface area (Å²) in [4.78, 5) is 60.5. The average Bonchev–Trinajstić information content (AvgIpc) is 3.63. The molecule has 0 bridgehead atoms. The Hall–Kier alpha value is -4.03. The number of carboxylic acids is 1. The van der Waals surface area contributed by atoms with E-state index in [0.29, 0.717) is 17.7 Å². The Morgan fingerprint density at radius 1 is 1.44 bits per heavy atom. The van der Waals surface area contributed by atoms with Crippen molar-refractivity contribution in [2.45, 2.75) is 31.4 Å². The van der Waals surface area contributed by atoms with Crippen LogP contribution in [0, 0.1) is 0 Å². The molecule has 0 aliphatic carbocycles. The maximum atomic E-state index is 13.2. The van der Waals surface area contributed by atoms with Crippen molar-refractivity contribution in [3.05, 3.63) is 40.7 Å². The second kappa shape index (κ2) is 11.0. The highest BCUT2D eigenvalue weighted by Gasteiger charge is 2.54. The fourth-order valence-corrected chi connectivity index (χ4v) is 6.82. The van der Waals surface area contributed by atoms with E-state index in [2.05, 4.69) is 25.1 Å². The number of rotatable bonds is 11. The molecule has 5 N–H and O–H groups in total. The van der Waals surface area contributed by atoms with Crippen LogP contribution in [0.15, 0.2) is 34.2 Å². The van der Waals surface area contributed by atoms with Gasteiger partial charge in [-0.3, -0.25) is 19.3 Å². The molecule has 39 heavy (non-hydrogen) atoms. The second-order valence-electron chi connectivity index (χ2n) is 8.22. The van der Waals surface area contributed by atoms with Gasteiger partial charge in [-0.05, 0) is 6.92 Å². The van der Waals surface area contributed by atoms with E-state index in [1.807, 2.05) is 26.7 Å². The Kier molecular flexibility index (Phi) is 7.49. The maximum absolute atomic E-state index is 13.2. The van der Waals surface area contributed by atoms with Gasteiger partial charge in [0.1, 0.15) is 49.2 Å². The third kappa shape index (κ3) is 4.92. The molecule has 0 radical (unpaired) electrons. The molecule has 5 rings (SSSR count). The number of thioether (sulfide) groups is 1. The van der Waals surface area contributed by atoms with Crippen LogP contribution in [0.25, 0.3) is 4.83 Å². The number of aliphatic carboxylic acids is 1. The van der Waals surface area contributed by atoms with Gasteiger partial charge in [0.2, 0.25) is 22.8 Å². The molecule has 0 saturated carbocycles. The largest absolute Gasteiger partial charge is 0.477 e. The fourth-order valence-electron chi connectivity index (χ4n) is 4.26. The third-order valence-corrected chi connectivity index (χ3v) is 8.59. The molecule has 2 atom stereocenters. The number of aromatic nitrogens is 4. The van der Waals surface area contributed by atoms with E-state index in [0.717, 1.165) is 22.2 Å². The molecule has 18 heteroatoms. The van der Waals surface area contributed by atoms with Crippen LogP contribution in [0.5, 0.6) is 0 Å². The van der Waals surface area contributed by atoms with E-state index in [4.69, 9.17) is 10.6 Å².